The molecule has 0 aliphatic rings. The van der Waals surface area contributed by atoms with Crippen molar-refractivity contribution in [3.05, 3.63) is 34.7 Å². The number of aromatic nitrogens is 1. The van der Waals surface area contributed by atoms with E-state index in [1.54, 1.807) is 0 Å². The number of rotatable bonds is 3. The van der Waals surface area contributed by atoms with Gasteiger partial charge in [0, 0.05) is 10.8 Å². The zero-order chi connectivity index (χ0) is 13.2. The molecule has 0 bridgehead atoms. The van der Waals surface area contributed by atoms with Crippen molar-refractivity contribution >= 4 is 16.5 Å². The Hall–Kier alpha value is -1.49. The quantitative estimate of drug-likeness (QED) is 0.758. The molecule has 18 heavy (non-hydrogen) atoms. The van der Waals surface area contributed by atoms with Gasteiger partial charge in [0.05, 0.1) is 5.69 Å². The van der Waals surface area contributed by atoms with Gasteiger partial charge in [0.25, 0.3) is 0 Å². The largest absolute Gasteiger partial charge is 0.464 e. The summed E-state index contributed by atoms with van der Waals surface area (Å²) in [6.45, 7) is 8.77. The molecular formula is C13H17N3OS. The van der Waals surface area contributed by atoms with E-state index in [9.17, 15) is 0 Å². The number of azo groups is 1. The average Bonchev–Trinajstić information content (AvgIpc) is 2.87. The molecule has 0 atom stereocenters. The normalized spacial score (nSPS) is 12.4. The first-order valence-electron chi connectivity index (χ1n) is 5.84. The summed E-state index contributed by atoms with van der Waals surface area (Å²) in [7, 11) is 0. The Bertz CT molecular complexity index is 549. The van der Waals surface area contributed by atoms with Crippen LogP contribution in [0.2, 0.25) is 0 Å². The average molecular weight is 263 g/mol. The molecule has 2 aromatic rings. The smallest absolute Gasteiger partial charge is 0.229 e. The number of thiazole rings is 1. The lowest BCUT2D eigenvalue weighted by Gasteiger charge is -2.13. The summed E-state index contributed by atoms with van der Waals surface area (Å²) < 4.78 is 5.41. The molecule has 0 aliphatic heterocycles. The van der Waals surface area contributed by atoms with Gasteiger partial charge in [-0.3, -0.25) is 0 Å². The summed E-state index contributed by atoms with van der Waals surface area (Å²) in [6.07, 6.45) is 0. The summed E-state index contributed by atoms with van der Waals surface area (Å²) in [5.41, 5.74) is 1.11. The molecule has 4 nitrogen and oxygen atoms in total. The number of furan rings is 1. The Morgan fingerprint density at radius 2 is 2.11 bits per heavy atom. The van der Waals surface area contributed by atoms with Crippen LogP contribution in [0.5, 0.6) is 0 Å². The van der Waals surface area contributed by atoms with Crippen LogP contribution in [0.3, 0.4) is 0 Å². The van der Waals surface area contributed by atoms with Gasteiger partial charge in [-0.1, -0.05) is 20.8 Å². The van der Waals surface area contributed by atoms with Crippen molar-refractivity contribution in [2.75, 3.05) is 0 Å². The maximum atomic E-state index is 5.41. The van der Waals surface area contributed by atoms with Crippen molar-refractivity contribution in [3.63, 3.8) is 0 Å². The molecule has 2 aromatic heterocycles. The molecule has 0 unspecified atom stereocenters. The van der Waals surface area contributed by atoms with E-state index in [4.69, 9.17) is 4.42 Å². The van der Waals surface area contributed by atoms with E-state index in [0.717, 1.165) is 17.2 Å². The van der Waals surface area contributed by atoms with Crippen LogP contribution >= 0.6 is 11.3 Å². The molecule has 2 heterocycles. The predicted octanol–water partition coefficient (Wildman–Crippen LogP) is 4.63. The molecule has 0 fully saturated rings. The zero-order valence-electron chi connectivity index (χ0n) is 11.1. The molecule has 0 spiro atoms. The van der Waals surface area contributed by atoms with Gasteiger partial charge in [-0.05, 0) is 19.1 Å². The van der Waals surface area contributed by atoms with Crippen molar-refractivity contribution in [1.82, 2.24) is 4.98 Å². The lowest BCUT2D eigenvalue weighted by molar-refractivity contribution is 0.483. The number of aryl methyl sites for hydroxylation is 1. The van der Waals surface area contributed by atoms with E-state index in [1.807, 2.05) is 24.4 Å². The summed E-state index contributed by atoms with van der Waals surface area (Å²) >= 11 is 1.51. The maximum Gasteiger partial charge on any atom is 0.229 e. The third-order valence-corrected chi connectivity index (χ3v) is 3.16. The lowest BCUT2D eigenvalue weighted by atomic mass is 9.93. The van der Waals surface area contributed by atoms with E-state index in [1.165, 1.54) is 11.3 Å². The van der Waals surface area contributed by atoms with Crippen LogP contribution in [0.1, 0.15) is 38.0 Å². The van der Waals surface area contributed by atoms with Gasteiger partial charge in [0.2, 0.25) is 5.13 Å². The minimum Gasteiger partial charge on any atom is -0.464 e. The van der Waals surface area contributed by atoms with Crippen molar-refractivity contribution in [2.45, 2.75) is 39.7 Å². The zero-order valence-corrected chi connectivity index (χ0v) is 11.9. The number of nitrogens with zero attached hydrogens (tertiary/aromatic N) is 3. The second-order valence-electron chi connectivity index (χ2n) is 5.18. The Balaban J connectivity index is 1.99. The molecule has 2 rings (SSSR count). The van der Waals surface area contributed by atoms with Gasteiger partial charge >= 0.3 is 0 Å². The SMILES string of the molecule is Cc1ccc(CN=Nc2nc(C(C)(C)C)cs2)o1. The first-order valence-corrected chi connectivity index (χ1v) is 6.72. The van der Waals surface area contributed by atoms with Crippen LogP contribution in [-0.2, 0) is 12.0 Å². The van der Waals surface area contributed by atoms with Gasteiger partial charge in [-0.25, -0.2) is 4.98 Å². The molecule has 0 saturated carbocycles. The van der Waals surface area contributed by atoms with Gasteiger partial charge in [0.15, 0.2) is 0 Å². The molecule has 0 N–H and O–H groups in total. The fourth-order valence-corrected chi connectivity index (χ4v) is 2.27. The van der Waals surface area contributed by atoms with E-state index in [0.29, 0.717) is 11.7 Å². The third-order valence-electron chi connectivity index (χ3n) is 2.44. The van der Waals surface area contributed by atoms with E-state index < -0.39 is 0 Å². The van der Waals surface area contributed by atoms with Gasteiger partial charge < -0.3 is 4.42 Å². The van der Waals surface area contributed by atoms with Gasteiger partial charge in [0.1, 0.15) is 18.1 Å². The topological polar surface area (TPSA) is 50.8 Å². The number of hydrogen-bond donors (Lipinski definition) is 0. The Morgan fingerprint density at radius 3 is 2.67 bits per heavy atom. The van der Waals surface area contributed by atoms with Crippen LogP contribution in [0.4, 0.5) is 5.13 Å². The highest BCUT2D eigenvalue weighted by Gasteiger charge is 2.17. The highest BCUT2D eigenvalue weighted by atomic mass is 32.1. The minimum absolute atomic E-state index is 0.0579. The number of hydrogen-bond acceptors (Lipinski definition) is 5. The molecule has 0 radical (unpaired) electrons. The highest BCUT2D eigenvalue weighted by Crippen LogP contribution is 2.28. The second-order valence-corrected chi connectivity index (χ2v) is 6.01. The molecule has 96 valence electrons. The first-order chi connectivity index (χ1) is 8.45. The van der Waals surface area contributed by atoms with Crippen LogP contribution in [0.15, 0.2) is 32.2 Å². The summed E-state index contributed by atoms with van der Waals surface area (Å²) in [5, 5.41) is 10.9. The molecule has 0 amide bonds. The van der Waals surface area contributed by atoms with Gasteiger partial charge in [-0.15, -0.1) is 16.5 Å². The monoisotopic (exact) mass is 263 g/mol. The third kappa shape index (κ3) is 3.26. The second kappa shape index (κ2) is 5.02. The Kier molecular flexibility index (Phi) is 3.61. The molecular weight excluding hydrogens is 246 g/mol. The van der Waals surface area contributed by atoms with Crippen molar-refractivity contribution < 1.29 is 4.42 Å². The van der Waals surface area contributed by atoms with Crippen molar-refractivity contribution in [3.8, 4) is 0 Å². The first kappa shape index (κ1) is 13.0. The van der Waals surface area contributed by atoms with Crippen molar-refractivity contribution in [1.29, 1.82) is 0 Å². The van der Waals surface area contributed by atoms with Crippen molar-refractivity contribution in [2.24, 2.45) is 10.2 Å². The summed E-state index contributed by atoms with van der Waals surface area (Å²) in [4.78, 5) is 4.45. The van der Waals surface area contributed by atoms with Crippen LogP contribution < -0.4 is 0 Å². The summed E-state index contributed by atoms with van der Waals surface area (Å²) in [6, 6.07) is 3.84. The van der Waals surface area contributed by atoms with E-state index in [2.05, 4.69) is 36.0 Å². The van der Waals surface area contributed by atoms with E-state index >= 15 is 0 Å². The maximum absolute atomic E-state index is 5.41. The molecule has 0 saturated heterocycles. The van der Waals surface area contributed by atoms with Crippen LogP contribution in [0, 0.1) is 6.92 Å². The fraction of sp³-hybridized carbons (Fsp3) is 0.462. The van der Waals surface area contributed by atoms with Gasteiger partial charge in [-0.2, -0.15) is 5.11 Å². The molecule has 0 aromatic carbocycles. The Morgan fingerprint density at radius 1 is 1.33 bits per heavy atom. The lowest BCUT2D eigenvalue weighted by Crippen LogP contribution is -2.10. The van der Waals surface area contributed by atoms with Crippen LogP contribution in [0.25, 0.3) is 0 Å². The minimum atomic E-state index is 0.0579. The Labute approximate surface area is 111 Å². The van der Waals surface area contributed by atoms with E-state index in [-0.39, 0.29) is 5.41 Å². The molecule has 5 heteroatoms. The molecule has 0 aliphatic carbocycles. The predicted molar refractivity (Wildman–Crippen MR) is 72.5 cm³/mol. The summed E-state index contributed by atoms with van der Waals surface area (Å²) in [5.74, 6) is 1.72. The van der Waals surface area contributed by atoms with Crippen LogP contribution in [-0.4, -0.2) is 4.98 Å². The highest BCUT2D eigenvalue weighted by molar-refractivity contribution is 7.13. The standard InChI is InChI=1S/C13H17N3OS/c1-9-5-6-10(17-9)7-14-16-12-15-11(8-18-12)13(2,3)4/h5-6,8H,7H2,1-4H3. The fourth-order valence-electron chi connectivity index (χ4n) is 1.39.